The Morgan fingerprint density at radius 1 is 0.947 bits per heavy atom. The summed E-state index contributed by atoms with van der Waals surface area (Å²) in [5.74, 6) is -3.33. The number of hydrogen-bond donors (Lipinski definition) is 1. The Morgan fingerprint density at radius 3 is 2.37 bits per heavy atom. The third-order valence-corrected chi connectivity index (χ3v) is 7.49. The minimum atomic E-state index is -4.19. The number of rotatable bonds is 6. The molecule has 0 bridgehead atoms. The van der Waals surface area contributed by atoms with Crippen molar-refractivity contribution < 1.29 is 22.0 Å². The molecule has 3 aromatic rings. The van der Waals surface area contributed by atoms with Gasteiger partial charge in [-0.1, -0.05) is 23.2 Å². The van der Waals surface area contributed by atoms with Crippen molar-refractivity contribution in [2.24, 2.45) is 5.92 Å². The lowest BCUT2D eigenvalue weighted by molar-refractivity contribution is -0.179. The van der Waals surface area contributed by atoms with Crippen LogP contribution in [0.15, 0.2) is 42.6 Å². The molecule has 1 aromatic carbocycles. The molecular weight excluding hydrogens is 525 g/mol. The molecule has 0 unspecified atom stereocenters. The molecular formula is C25H28F5N7S. The smallest absolute Gasteiger partial charge is 0.370 e. The van der Waals surface area contributed by atoms with Crippen molar-refractivity contribution in [2.45, 2.75) is 37.8 Å². The molecule has 1 N–H and O–H groups in total. The summed E-state index contributed by atoms with van der Waals surface area (Å²) in [6.45, 7) is 1.00. The molecule has 0 saturated carbocycles. The van der Waals surface area contributed by atoms with Crippen molar-refractivity contribution in [1.29, 1.82) is 0 Å². The first-order valence-corrected chi connectivity index (χ1v) is 13.6. The van der Waals surface area contributed by atoms with E-state index in [0.717, 1.165) is 11.4 Å². The van der Waals surface area contributed by atoms with Crippen molar-refractivity contribution in [2.75, 3.05) is 47.0 Å². The monoisotopic (exact) mass is 553 g/mol. The van der Waals surface area contributed by atoms with Gasteiger partial charge in [0.15, 0.2) is 0 Å². The second kappa shape index (κ2) is 10.6. The van der Waals surface area contributed by atoms with E-state index in [0.29, 0.717) is 22.9 Å². The van der Waals surface area contributed by atoms with E-state index in [1.807, 2.05) is 40.3 Å². The van der Waals surface area contributed by atoms with Gasteiger partial charge in [0, 0.05) is 51.0 Å². The maximum absolute atomic E-state index is 13.6. The Morgan fingerprint density at radius 2 is 1.68 bits per heavy atom. The molecule has 0 atom stereocenters. The van der Waals surface area contributed by atoms with Gasteiger partial charge in [-0.25, -0.2) is 18.4 Å². The number of halogens is 5. The molecule has 2 fully saturated rings. The van der Waals surface area contributed by atoms with Gasteiger partial charge in [0.2, 0.25) is 0 Å². The van der Waals surface area contributed by atoms with Crippen LogP contribution in [0.5, 0.6) is 0 Å². The summed E-state index contributed by atoms with van der Waals surface area (Å²) in [6.07, 6.45) is -0.925. The molecule has 0 radical (unpaired) electrons. The molecule has 13 heteroatoms. The Bertz CT molecular complexity index is 1250. The zero-order chi connectivity index (χ0) is 26.9. The predicted octanol–water partition coefficient (Wildman–Crippen LogP) is 6.03. The zero-order valence-electron chi connectivity index (χ0n) is 20.8. The van der Waals surface area contributed by atoms with Gasteiger partial charge in [-0.15, -0.1) is 5.10 Å². The molecule has 2 aliphatic heterocycles. The Hall–Kier alpha value is -3.09. The maximum atomic E-state index is 13.6. The van der Waals surface area contributed by atoms with Crippen LogP contribution in [0, 0.1) is 5.92 Å². The lowest BCUT2D eigenvalue weighted by atomic mass is 9.95. The highest BCUT2D eigenvalue weighted by Crippen LogP contribution is 2.38. The van der Waals surface area contributed by atoms with Gasteiger partial charge in [0.25, 0.3) is 5.92 Å². The van der Waals surface area contributed by atoms with Crippen molar-refractivity contribution in [3.05, 3.63) is 42.6 Å². The second-order valence-corrected chi connectivity index (χ2v) is 10.2. The molecule has 204 valence electrons. The van der Waals surface area contributed by atoms with Crippen molar-refractivity contribution >= 4 is 29.1 Å². The molecule has 7 nitrogen and oxygen atoms in total. The first-order valence-electron chi connectivity index (χ1n) is 12.4. The summed E-state index contributed by atoms with van der Waals surface area (Å²) >= 11 is 1.42. The van der Waals surface area contributed by atoms with Gasteiger partial charge in [-0.05, 0) is 43.2 Å². The van der Waals surface area contributed by atoms with E-state index in [4.69, 9.17) is 0 Å². The average Bonchev–Trinajstić information content (AvgIpc) is 3.39. The van der Waals surface area contributed by atoms with E-state index in [1.54, 1.807) is 23.0 Å². The van der Waals surface area contributed by atoms with Crippen LogP contribution < -0.4 is 14.5 Å². The van der Waals surface area contributed by atoms with Crippen LogP contribution in [-0.2, 0) is 0 Å². The van der Waals surface area contributed by atoms with E-state index < -0.39 is 18.0 Å². The van der Waals surface area contributed by atoms with Gasteiger partial charge in [0.05, 0.1) is 29.2 Å². The Kier molecular flexibility index (Phi) is 7.38. The number of hydrogen-bond acceptors (Lipinski definition) is 7. The summed E-state index contributed by atoms with van der Waals surface area (Å²) in [5.41, 5.74) is 3.34. The highest BCUT2D eigenvalue weighted by molar-refractivity contribution is 7.99. The van der Waals surface area contributed by atoms with E-state index >= 15 is 0 Å². The molecule has 0 aliphatic carbocycles. The third-order valence-electron chi connectivity index (χ3n) is 7.05. The van der Waals surface area contributed by atoms with Crippen molar-refractivity contribution in [3.8, 4) is 17.1 Å². The Labute approximate surface area is 221 Å². The van der Waals surface area contributed by atoms with Crippen LogP contribution >= 0.6 is 11.9 Å². The van der Waals surface area contributed by atoms with Gasteiger partial charge < -0.3 is 14.5 Å². The van der Waals surface area contributed by atoms with Crippen molar-refractivity contribution in [1.82, 2.24) is 20.0 Å². The molecule has 2 saturated heterocycles. The fourth-order valence-corrected chi connectivity index (χ4v) is 5.27. The SMILES string of the molecule is CSNc1ccc(-n2cc(-c3cccc(N4CCC(F)(F)CC4)n3)nn2)c(N2CCC(C(F)(F)F)CC2)c1. The number of benzene rings is 1. The number of piperidine rings is 2. The highest BCUT2D eigenvalue weighted by atomic mass is 32.2. The predicted molar refractivity (Wildman–Crippen MR) is 139 cm³/mol. The molecule has 4 heterocycles. The lowest BCUT2D eigenvalue weighted by Crippen LogP contribution is -2.39. The molecule has 0 spiro atoms. The fourth-order valence-electron chi connectivity index (χ4n) is 4.90. The summed E-state index contributed by atoms with van der Waals surface area (Å²) < 4.78 is 71.6. The van der Waals surface area contributed by atoms with Crippen molar-refractivity contribution in [3.63, 3.8) is 0 Å². The van der Waals surface area contributed by atoms with E-state index in [-0.39, 0.29) is 51.9 Å². The zero-order valence-corrected chi connectivity index (χ0v) is 21.6. The van der Waals surface area contributed by atoms with E-state index in [2.05, 4.69) is 20.0 Å². The number of nitrogens with zero attached hydrogens (tertiary/aromatic N) is 6. The maximum Gasteiger partial charge on any atom is 0.391 e. The van der Waals surface area contributed by atoms with Crippen LogP contribution in [-0.4, -0.2) is 64.5 Å². The van der Waals surface area contributed by atoms with Crippen LogP contribution in [0.4, 0.5) is 39.1 Å². The van der Waals surface area contributed by atoms with Gasteiger partial charge >= 0.3 is 6.18 Å². The third kappa shape index (κ3) is 5.82. The second-order valence-electron chi connectivity index (χ2n) is 9.58. The lowest BCUT2D eigenvalue weighted by Gasteiger charge is -2.35. The highest BCUT2D eigenvalue weighted by Gasteiger charge is 2.41. The Balaban J connectivity index is 1.40. The number of aromatic nitrogens is 4. The molecule has 5 rings (SSSR count). The first-order chi connectivity index (χ1) is 18.1. The topological polar surface area (TPSA) is 62.1 Å². The van der Waals surface area contributed by atoms with Crippen LogP contribution in [0.2, 0.25) is 0 Å². The van der Waals surface area contributed by atoms with Gasteiger partial charge in [0.1, 0.15) is 11.5 Å². The molecule has 2 aromatic heterocycles. The summed E-state index contributed by atoms with van der Waals surface area (Å²) in [6, 6.07) is 11.0. The number of pyridine rings is 1. The number of anilines is 3. The summed E-state index contributed by atoms with van der Waals surface area (Å²) in [5, 5.41) is 8.58. The minimum Gasteiger partial charge on any atom is -0.370 e. The first kappa shape index (κ1) is 26.5. The number of alkyl halides is 5. The van der Waals surface area contributed by atoms with Crippen LogP contribution in [0.3, 0.4) is 0 Å². The van der Waals surface area contributed by atoms with Gasteiger partial charge in [-0.2, -0.15) is 13.2 Å². The minimum absolute atomic E-state index is 0.0326. The van der Waals surface area contributed by atoms with Crippen LogP contribution in [0.1, 0.15) is 25.7 Å². The molecule has 2 aliphatic rings. The van der Waals surface area contributed by atoms with Gasteiger partial charge in [-0.3, -0.25) is 0 Å². The summed E-state index contributed by atoms with van der Waals surface area (Å²) in [4.78, 5) is 8.43. The van der Waals surface area contributed by atoms with E-state index in [1.165, 1.54) is 11.9 Å². The normalized spacial score (nSPS) is 18.6. The average molecular weight is 554 g/mol. The number of nitrogens with one attached hydrogen (secondary N) is 1. The fraction of sp³-hybridized carbons (Fsp3) is 0.480. The largest absolute Gasteiger partial charge is 0.391 e. The molecule has 38 heavy (non-hydrogen) atoms. The quantitative estimate of drug-likeness (QED) is 0.295. The van der Waals surface area contributed by atoms with Crippen LogP contribution in [0.25, 0.3) is 17.1 Å². The molecule has 0 amide bonds. The standard InChI is InChI=1S/C25H28F5N7S/c1-38-33-18-5-6-21(22(15-18)35-11-7-17(8-12-35)25(28,29)30)37-16-20(32-34-37)19-3-2-4-23(31-19)36-13-9-24(26,27)10-14-36/h2-6,15-17,33H,7-14H2,1H3. The van der Waals surface area contributed by atoms with E-state index in [9.17, 15) is 22.0 Å². The summed E-state index contributed by atoms with van der Waals surface area (Å²) in [7, 11) is 0.